The summed E-state index contributed by atoms with van der Waals surface area (Å²) in [5.74, 6) is 4.45. The Hall–Kier alpha value is -0.358. The Balaban J connectivity index is 2.28. The first kappa shape index (κ1) is 11.1. The fourth-order valence-electron chi connectivity index (χ4n) is 2.17. The summed E-state index contributed by atoms with van der Waals surface area (Å²) in [7, 11) is 0. The summed E-state index contributed by atoms with van der Waals surface area (Å²) in [4.78, 5) is 4.65. The van der Waals surface area contributed by atoms with Gasteiger partial charge in [-0.2, -0.15) is 0 Å². The van der Waals surface area contributed by atoms with E-state index in [1.54, 1.807) is 0 Å². The standard InChI is InChI=1S/C10H12NO.2CH3.Al/c1-7-5-6-8-3-2-4-9(12)10(8)11-7;;;/h5-6,9H,2-4H2,1H3;2*1H3;/q-1;;;+1. The number of nitrogens with zero attached hydrogens (tertiary/aromatic N) is 1. The second-order valence-corrected chi connectivity index (χ2v) is 6.93. The first-order valence-electron chi connectivity index (χ1n) is 5.78. The normalized spacial score (nSPS) is 19.8. The Morgan fingerprint density at radius 3 is 2.93 bits per heavy atom. The minimum absolute atomic E-state index is 0.278. The Morgan fingerprint density at radius 1 is 1.40 bits per heavy atom. The van der Waals surface area contributed by atoms with Gasteiger partial charge in [-0.3, -0.25) is 4.98 Å². The second kappa shape index (κ2) is 4.66. The molecule has 1 aliphatic rings. The van der Waals surface area contributed by atoms with Gasteiger partial charge in [0.2, 0.25) is 0 Å². The van der Waals surface area contributed by atoms with Crippen molar-refractivity contribution >= 4 is 14.5 Å². The summed E-state index contributed by atoms with van der Waals surface area (Å²) in [5, 5.41) is 0. The molecule has 0 radical (unpaired) electrons. The maximum absolute atomic E-state index is 6.05. The van der Waals surface area contributed by atoms with E-state index < -0.39 is 14.5 Å². The average molecular weight is 219 g/mol. The van der Waals surface area contributed by atoms with Gasteiger partial charge in [-0.25, -0.2) is 0 Å². The van der Waals surface area contributed by atoms with Crippen molar-refractivity contribution in [2.75, 3.05) is 0 Å². The number of rotatable bonds is 2. The molecular weight excluding hydrogens is 201 g/mol. The van der Waals surface area contributed by atoms with E-state index in [4.69, 9.17) is 3.79 Å². The van der Waals surface area contributed by atoms with Crippen molar-refractivity contribution in [3.63, 3.8) is 0 Å². The molecule has 1 unspecified atom stereocenters. The molecular formula is C12H18AlNO. The monoisotopic (exact) mass is 219 g/mol. The third-order valence-electron chi connectivity index (χ3n) is 2.81. The summed E-state index contributed by atoms with van der Waals surface area (Å²) in [6, 6.07) is 4.32. The van der Waals surface area contributed by atoms with Crippen molar-refractivity contribution in [2.24, 2.45) is 0 Å². The Labute approximate surface area is 96.4 Å². The molecule has 15 heavy (non-hydrogen) atoms. The first-order chi connectivity index (χ1) is 7.16. The van der Waals surface area contributed by atoms with Crippen LogP contribution in [0.5, 0.6) is 0 Å². The number of hydrogen-bond acceptors (Lipinski definition) is 2. The molecule has 0 spiro atoms. The maximum atomic E-state index is 6.05. The largest absolute Gasteiger partial charge is 0.494 e. The van der Waals surface area contributed by atoms with Crippen molar-refractivity contribution in [3.05, 3.63) is 29.1 Å². The van der Waals surface area contributed by atoms with E-state index in [1.165, 1.54) is 24.1 Å². The molecule has 1 aromatic heterocycles. The molecule has 2 rings (SSSR count). The summed E-state index contributed by atoms with van der Waals surface area (Å²) >= 11 is -0.958. The van der Waals surface area contributed by atoms with Crippen molar-refractivity contribution < 1.29 is 3.79 Å². The highest BCUT2D eigenvalue weighted by atomic mass is 27.2. The van der Waals surface area contributed by atoms with Crippen LogP contribution in [-0.2, 0) is 10.2 Å². The van der Waals surface area contributed by atoms with Crippen molar-refractivity contribution in [3.8, 4) is 0 Å². The van der Waals surface area contributed by atoms with Gasteiger partial charge in [0.25, 0.3) is 0 Å². The molecule has 0 amide bonds. The molecule has 0 aliphatic heterocycles. The lowest BCUT2D eigenvalue weighted by molar-refractivity contribution is 0.180. The van der Waals surface area contributed by atoms with Gasteiger partial charge >= 0.3 is 14.5 Å². The topological polar surface area (TPSA) is 22.1 Å². The number of fused-ring (bicyclic) bond motifs is 1. The van der Waals surface area contributed by atoms with Gasteiger partial charge < -0.3 is 3.79 Å². The molecule has 1 heterocycles. The van der Waals surface area contributed by atoms with Gasteiger partial charge in [-0.05, 0) is 37.8 Å². The smallest absolute Gasteiger partial charge is 0.454 e. The van der Waals surface area contributed by atoms with Crippen molar-refractivity contribution in [1.82, 2.24) is 4.98 Å². The Bertz CT molecular complexity index is 351. The van der Waals surface area contributed by atoms with Gasteiger partial charge in [-0.15, -0.1) is 0 Å². The molecule has 80 valence electrons. The van der Waals surface area contributed by atoms with Crippen LogP contribution in [0, 0.1) is 6.92 Å². The van der Waals surface area contributed by atoms with E-state index in [0.29, 0.717) is 0 Å². The van der Waals surface area contributed by atoms with Crippen LogP contribution in [0.1, 0.15) is 35.9 Å². The van der Waals surface area contributed by atoms with E-state index in [1.807, 2.05) is 0 Å². The highest BCUT2D eigenvalue weighted by Crippen LogP contribution is 2.31. The van der Waals surface area contributed by atoms with Crippen LogP contribution < -0.4 is 0 Å². The van der Waals surface area contributed by atoms with Crippen LogP contribution in [0.25, 0.3) is 0 Å². The van der Waals surface area contributed by atoms with Crippen LogP contribution >= 0.6 is 0 Å². The molecule has 3 heteroatoms. The van der Waals surface area contributed by atoms with Crippen LogP contribution in [0.15, 0.2) is 12.1 Å². The lowest BCUT2D eigenvalue weighted by Gasteiger charge is -2.26. The molecule has 0 N–H and O–H groups in total. The predicted molar refractivity (Wildman–Crippen MR) is 63.2 cm³/mol. The highest BCUT2D eigenvalue weighted by Gasteiger charge is 2.23. The lowest BCUT2D eigenvalue weighted by Crippen LogP contribution is -2.20. The summed E-state index contributed by atoms with van der Waals surface area (Å²) in [6.07, 6.45) is 3.83. The van der Waals surface area contributed by atoms with Gasteiger partial charge in [0.05, 0.1) is 11.8 Å². The predicted octanol–water partition coefficient (Wildman–Crippen LogP) is 3.04. The van der Waals surface area contributed by atoms with Crippen LogP contribution in [0.2, 0.25) is 11.6 Å². The zero-order valence-corrected chi connectivity index (χ0v) is 10.9. The third kappa shape index (κ3) is 2.61. The van der Waals surface area contributed by atoms with E-state index in [-0.39, 0.29) is 6.10 Å². The first-order valence-corrected chi connectivity index (χ1v) is 8.57. The van der Waals surface area contributed by atoms with Crippen molar-refractivity contribution in [1.29, 1.82) is 0 Å². The zero-order valence-electron chi connectivity index (χ0n) is 9.79. The summed E-state index contributed by atoms with van der Waals surface area (Å²) in [6.45, 7) is 2.05. The molecule has 2 nitrogen and oxygen atoms in total. The minimum atomic E-state index is -0.958. The molecule has 0 saturated carbocycles. The number of pyridine rings is 1. The average Bonchev–Trinajstić information content (AvgIpc) is 2.18. The van der Waals surface area contributed by atoms with Gasteiger partial charge in [0, 0.05) is 5.69 Å². The molecule has 0 fully saturated rings. The molecule has 0 saturated heterocycles. The van der Waals surface area contributed by atoms with Gasteiger partial charge in [0.15, 0.2) is 0 Å². The van der Waals surface area contributed by atoms with Crippen molar-refractivity contribution in [2.45, 2.75) is 43.9 Å². The maximum Gasteiger partial charge on any atom is 0.454 e. The number of aromatic nitrogens is 1. The lowest BCUT2D eigenvalue weighted by atomic mass is 9.93. The number of hydrogen-bond donors (Lipinski definition) is 0. The fourth-order valence-corrected chi connectivity index (χ4v) is 3.09. The Kier molecular flexibility index (Phi) is 3.46. The molecule has 1 aliphatic carbocycles. The van der Waals surface area contributed by atoms with Gasteiger partial charge in [0.1, 0.15) is 0 Å². The van der Waals surface area contributed by atoms with E-state index in [2.05, 4.69) is 35.6 Å². The van der Waals surface area contributed by atoms with E-state index in [9.17, 15) is 0 Å². The van der Waals surface area contributed by atoms with Crippen LogP contribution in [-0.4, -0.2) is 19.5 Å². The van der Waals surface area contributed by atoms with E-state index >= 15 is 0 Å². The molecule has 1 aromatic rings. The molecule has 0 bridgehead atoms. The summed E-state index contributed by atoms with van der Waals surface area (Å²) < 4.78 is 6.05. The highest BCUT2D eigenvalue weighted by molar-refractivity contribution is 6.48. The zero-order chi connectivity index (χ0) is 10.8. The second-order valence-electron chi connectivity index (χ2n) is 4.56. The third-order valence-corrected chi connectivity index (χ3v) is 3.68. The minimum Gasteiger partial charge on any atom is -0.494 e. The SMILES string of the molecule is Cc1ccc2c(n1)C([O][Al]([CH3])[CH3])CCC2. The van der Waals surface area contributed by atoms with Crippen LogP contribution in [0.4, 0.5) is 0 Å². The molecule has 0 aromatic carbocycles. The quantitative estimate of drug-likeness (QED) is 0.713. The fraction of sp³-hybridized carbons (Fsp3) is 0.583. The van der Waals surface area contributed by atoms with Crippen LogP contribution in [0.3, 0.4) is 0 Å². The molecule has 1 atom stereocenters. The van der Waals surface area contributed by atoms with E-state index in [0.717, 1.165) is 12.1 Å². The number of aryl methyl sites for hydroxylation is 2. The summed E-state index contributed by atoms with van der Waals surface area (Å²) in [5.41, 5.74) is 3.71. The van der Waals surface area contributed by atoms with Gasteiger partial charge in [-0.1, -0.05) is 17.6 Å². The Morgan fingerprint density at radius 2 is 2.20 bits per heavy atom.